The van der Waals surface area contributed by atoms with Gasteiger partial charge in [0.1, 0.15) is 5.75 Å². The van der Waals surface area contributed by atoms with E-state index in [2.05, 4.69) is 15.3 Å². The first-order chi connectivity index (χ1) is 13.3. The molecule has 0 fully saturated rings. The molecule has 7 heteroatoms. The van der Waals surface area contributed by atoms with Gasteiger partial charge in [0, 0.05) is 40.8 Å². The monoisotopic (exact) mass is 387 g/mol. The highest BCUT2D eigenvalue weighted by molar-refractivity contribution is 5.70. The Morgan fingerprint density at radius 3 is 2.25 bits per heavy atom. The van der Waals surface area contributed by atoms with Crippen molar-refractivity contribution in [3.05, 3.63) is 60.4 Å². The molecule has 0 unspecified atom stereocenters. The van der Waals surface area contributed by atoms with E-state index in [0.717, 1.165) is 17.2 Å². The normalized spacial score (nSPS) is 11.5. The number of aromatic nitrogens is 2. The average molecular weight is 387 g/mol. The Morgan fingerprint density at radius 2 is 1.64 bits per heavy atom. The number of alkyl halides is 3. The van der Waals surface area contributed by atoms with Gasteiger partial charge in [0.2, 0.25) is 0 Å². The zero-order valence-electron chi connectivity index (χ0n) is 15.7. The van der Waals surface area contributed by atoms with Gasteiger partial charge in [0.25, 0.3) is 0 Å². The maximum Gasteiger partial charge on any atom is 0.418 e. The molecule has 0 atom stereocenters. The van der Waals surface area contributed by atoms with Crippen LogP contribution in [0.5, 0.6) is 5.75 Å². The van der Waals surface area contributed by atoms with Crippen molar-refractivity contribution >= 4 is 5.69 Å². The van der Waals surface area contributed by atoms with Gasteiger partial charge in [0.05, 0.1) is 12.7 Å². The number of benzene rings is 2. The van der Waals surface area contributed by atoms with Gasteiger partial charge in [0.15, 0.2) is 5.82 Å². The van der Waals surface area contributed by atoms with Gasteiger partial charge in [-0.05, 0) is 38.1 Å². The number of anilines is 1. The molecule has 0 aliphatic heterocycles. The number of ether oxygens (including phenoxy) is 1. The van der Waals surface area contributed by atoms with Crippen LogP contribution < -0.4 is 10.1 Å². The number of hydrogen-bond donors (Lipinski definition) is 1. The lowest BCUT2D eigenvalue weighted by Gasteiger charge is -2.17. The number of nitrogens with one attached hydrogen (secondary N) is 1. The summed E-state index contributed by atoms with van der Waals surface area (Å²) >= 11 is 0. The third-order valence-corrected chi connectivity index (χ3v) is 4.10. The van der Waals surface area contributed by atoms with E-state index in [1.54, 1.807) is 39.4 Å². The van der Waals surface area contributed by atoms with E-state index in [9.17, 15) is 13.2 Å². The summed E-state index contributed by atoms with van der Waals surface area (Å²) in [6, 6.07) is 11.3. The highest BCUT2D eigenvalue weighted by Crippen LogP contribution is 2.37. The molecule has 0 aliphatic rings. The van der Waals surface area contributed by atoms with Crippen LogP contribution in [0.15, 0.2) is 54.9 Å². The van der Waals surface area contributed by atoms with Crippen LogP contribution in [0.2, 0.25) is 0 Å². The molecule has 4 nitrogen and oxygen atoms in total. The van der Waals surface area contributed by atoms with Crippen LogP contribution in [0.1, 0.15) is 19.4 Å². The minimum absolute atomic E-state index is 0.0388. The summed E-state index contributed by atoms with van der Waals surface area (Å²) in [5.41, 5.74) is 1.13. The maximum atomic E-state index is 13.5. The van der Waals surface area contributed by atoms with Crippen molar-refractivity contribution in [3.63, 3.8) is 0 Å². The Hall–Kier alpha value is -3.09. The second-order valence-electron chi connectivity index (χ2n) is 6.55. The summed E-state index contributed by atoms with van der Waals surface area (Å²) in [5.74, 6) is 0.891. The molecule has 0 bridgehead atoms. The van der Waals surface area contributed by atoms with Gasteiger partial charge >= 0.3 is 6.18 Å². The summed E-state index contributed by atoms with van der Waals surface area (Å²) in [6.07, 6.45) is -1.33. The van der Waals surface area contributed by atoms with Crippen LogP contribution in [-0.4, -0.2) is 23.1 Å². The third kappa shape index (κ3) is 4.24. The SMILES string of the molecule is COc1ccccc1-c1cnc(-c2ccc(NC(C)C)c(C(F)(F)F)c2)nc1. The second kappa shape index (κ2) is 7.88. The van der Waals surface area contributed by atoms with Gasteiger partial charge in [-0.1, -0.05) is 18.2 Å². The standard InChI is InChI=1S/C21H20F3N3O/c1-13(2)27-18-9-8-14(10-17(18)21(22,23)24)20-25-11-15(12-26-20)16-6-4-5-7-19(16)28-3/h4-13,27H,1-3H3. The fraction of sp³-hybridized carbons (Fsp3) is 0.238. The van der Waals surface area contributed by atoms with Crippen LogP contribution in [-0.2, 0) is 6.18 Å². The van der Waals surface area contributed by atoms with Crippen LogP contribution in [0.3, 0.4) is 0 Å². The van der Waals surface area contributed by atoms with Gasteiger partial charge < -0.3 is 10.1 Å². The number of methoxy groups -OCH3 is 1. The maximum absolute atomic E-state index is 13.5. The van der Waals surface area contributed by atoms with Crippen molar-refractivity contribution in [3.8, 4) is 28.3 Å². The van der Waals surface area contributed by atoms with Gasteiger partial charge in [-0.3, -0.25) is 0 Å². The molecule has 1 heterocycles. The number of hydrogen-bond acceptors (Lipinski definition) is 4. The summed E-state index contributed by atoms with van der Waals surface area (Å²) < 4.78 is 45.7. The Bertz CT molecular complexity index is 954. The Balaban J connectivity index is 1.98. The quantitative estimate of drug-likeness (QED) is 0.614. The smallest absolute Gasteiger partial charge is 0.418 e. The highest BCUT2D eigenvalue weighted by Gasteiger charge is 2.34. The number of nitrogens with zero attached hydrogens (tertiary/aromatic N) is 2. The first-order valence-electron chi connectivity index (χ1n) is 8.73. The molecule has 0 saturated carbocycles. The van der Waals surface area contributed by atoms with Crippen LogP contribution in [0.4, 0.5) is 18.9 Å². The fourth-order valence-electron chi connectivity index (χ4n) is 2.85. The lowest BCUT2D eigenvalue weighted by atomic mass is 10.1. The van der Waals surface area contributed by atoms with E-state index in [0.29, 0.717) is 11.3 Å². The molecule has 2 aromatic carbocycles. The predicted octanol–water partition coefficient (Wildman–Crippen LogP) is 5.66. The average Bonchev–Trinajstić information content (AvgIpc) is 2.67. The van der Waals surface area contributed by atoms with Crippen molar-refractivity contribution in [2.75, 3.05) is 12.4 Å². The molecule has 28 heavy (non-hydrogen) atoms. The molecular weight excluding hydrogens is 367 g/mol. The largest absolute Gasteiger partial charge is 0.496 e. The van der Waals surface area contributed by atoms with E-state index < -0.39 is 11.7 Å². The molecule has 0 aliphatic carbocycles. The molecular formula is C21H20F3N3O. The van der Waals surface area contributed by atoms with Crippen molar-refractivity contribution in [1.82, 2.24) is 9.97 Å². The topological polar surface area (TPSA) is 47.0 Å². The molecule has 3 aromatic rings. The summed E-state index contributed by atoms with van der Waals surface area (Å²) in [4.78, 5) is 8.52. The highest BCUT2D eigenvalue weighted by atomic mass is 19.4. The minimum atomic E-state index is -4.48. The number of para-hydroxylation sites is 1. The summed E-state index contributed by atoms with van der Waals surface area (Å²) in [6.45, 7) is 3.57. The van der Waals surface area contributed by atoms with Gasteiger partial charge in [-0.15, -0.1) is 0 Å². The Kier molecular flexibility index (Phi) is 5.53. The fourth-order valence-corrected chi connectivity index (χ4v) is 2.85. The predicted molar refractivity (Wildman–Crippen MR) is 103 cm³/mol. The van der Waals surface area contributed by atoms with Gasteiger partial charge in [-0.2, -0.15) is 13.2 Å². The molecule has 0 saturated heterocycles. The minimum Gasteiger partial charge on any atom is -0.496 e. The first-order valence-corrected chi connectivity index (χ1v) is 8.73. The molecule has 3 rings (SSSR count). The summed E-state index contributed by atoms with van der Waals surface area (Å²) in [7, 11) is 1.57. The molecule has 1 aromatic heterocycles. The molecule has 1 N–H and O–H groups in total. The van der Waals surface area contributed by atoms with E-state index in [-0.39, 0.29) is 17.6 Å². The Morgan fingerprint density at radius 1 is 0.964 bits per heavy atom. The van der Waals surface area contributed by atoms with E-state index in [1.165, 1.54) is 6.07 Å². The van der Waals surface area contributed by atoms with E-state index >= 15 is 0 Å². The second-order valence-corrected chi connectivity index (χ2v) is 6.55. The molecule has 0 amide bonds. The van der Waals surface area contributed by atoms with Crippen molar-refractivity contribution in [1.29, 1.82) is 0 Å². The number of rotatable bonds is 5. The van der Waals surface area contributed by atoms with Crippen molar-refractivity contribution in [2.24, 2.45) is 0 Å². The van der Waals surface area contributed by atoms with E-state index in [4.69, 9.17) is 4.74 Å². The molecule has 0 radical (unpaired) electrons. The molecule has 0 spiro atoms. The molecule has 146 valence electrons. The van der Waals surface area contributed by atoms with E-state index in [1.807, 2.05) is 24.3 Å². The number of halogens is 3. The van der Waals surface area contributed by atoms with Crippen LogP contribution >= 0.6 is 0 Å². The van der Waals surface area contributed by atoms with Crippen LogP contribution in [0.25, 0.3) is 22.5 Å². The van der Waals surface area contributed by atoms with Crippen LogP contribution in [0, 0.1) is 0 Å². The zero-order chi connectivity index (χ0) is 20.3. The lowest BCUT2D eigenvalue weighted by Crippen LogP contribution is -2.16. The summed E-state index contributed by atoms with van der Waals surface area (Å²) in [5, 5.41) is 2.83. The van der Waals surface area contributed by atoms with Crippen molar-refractivity contribution < 1.29 is 17.9 Å². The van der Waals surface area contributed by atoms with Gasteiger partial charge in [-0.25, -0.2) is 9.97 Å². The lowest BCUT2D eigenvalue weighted by molar-refractivity contribution is -0.136. The Labute approximate surface area is 161 Å². The zero-order valence-corrected chi connectivity index (χ0v) is 15.7. The first kappa shape index (κ1) is 19.7. The third-order valence-electron chi connectivity index (χ3n) is 4.10. The van der Waals surface area contributed by atoms with Crippen molar-refractivity contribution in [2.45, 2.75) is 26.1 Å².